The van der Waals surface area contributed by atoms with E-state index in [0.29, 0.717) is 0 Å². The van der Waals surface area contributed by atoms with E-state index in [9.17, 15) is 17.6 Å². The smallest absolute Gasteiger partial charge is 0.257 e. The molecule has 1 aliphatic heterocycles. The molecule has 1 aromatic heterocycles. The molecule has 10 heteroatoms. The molecular weight excluding hydrogens is 385 g/mol. The molecular formula is C18H16FN5O3S. The average Bonchev–Trinajstić information content (AvgIpc) is 3.20. The van der Waals surface area contributed by atoms with E-state index in [1.54, 1.807) is 0 Å². The normalized spacial score (nSPS) is 17.1. The maximum absolute atomic E-state index is 13.2. The summed E-state index contributed by atoms with van der Waals surface area (Å²) in [4.78, 5) is 12.8. The standard InChI is InChI=1S/C18H16FN5O3S/c19-15-5-7-16(8-6-15)28(26,27)24-10-14-4-2-1-3-13(14)9-17(24)18(25)22-23-11-20-21-12-23/h1-8,11-12,17H,9-10H2,(H,22,25)/t17-/m1/s1. The number of aromatic nitrogens is 3. The largest absolute Gasteiger partial charge is 0.271 e. The summed E-state index contributed by atoms with van der Waals surface area (Å²) in [5, 5.41) is 7.22. The van der Waals surface area contributed by atoms with Crippen molar-refractivity contribution in [1.82, 2.24) is 19.2 Å². The highest BCUT2D eigenvalue weighted by Crippen LogP contribution is 2.29. The Labute approximate surface area is 160 Å². The topological polar surface area (TPSA) is 97.2 Å². The zero-order chi connectivity index (χ0) is 19.7. The molecule has 0 saturated carbocycles. The van der Waals surface area contributed by atoms with E-state index >= 15 is 0 Å². The molecule has 0 radical (unpaired) electrons. The van der Waals surface area contributed by atoms with Crippen molar-refractivity contribution in [1.29, 1.82) is 0 Å². The van der Waals surface area contributed by atoms with Gasteiger partial charge in [-0.25, -0.2) is 17.5 Å². The third kappa shape index (κ3) is 3.39. The van der Waals surface area contributed by atoms with Crippen LogP contribution in [-0.2, 0) is 27.8 Å². The van der Waals surface area contributed by atoms with E-state index in [4.69, 9.17) is 0 Å². The van der Waals surface area contributed by atoms with Gasteiger partial charge in [-0.2, -0.15) is 4.31 Å². The molecule has 1 aliphatic rings. The number of nitrogens with one attached hydrogen (secondary N) is 1. The second-order valence-corrected chi connectivity index (χ2v) is 8.23. The molecule has 0 bridgehead atoms. The Morgan fingerprint density at radius 3 is 2.36 bits per heavy atom. The zero-order valence-electron chi connectivity index (χ0n) is 14.6. The Hall–Kier alpha value is -3.11. The van der Waals surface area contributed by atoms with Gasteiger partial charge in [-0.1, -0.05) is 24.3 Å². The van der Waals surface area contributed by atoms with Gasteiger partial charge in [0, 0.05) is 6.54 Å². The fraction of sp³-hybridized carbons (Fsp3) is 0.167. The van der Waals surface area contributed by atoms with Crippen LogP contribution in [0, 0.1) is 5.82 Å². The molecule has 1 N–H and O–H groups in total. The first-order chi connectivity index (χ1) is 13.4. The van der Waals surface area contributed by atoms with Crippen molar-refractivity contribution in [2.24, 2.45) is 0 Å². The first kappa shape index (κ1) is 18.3. The average molecular weight is 401 g/mol. The molecule has 144 valence electrons. The highest BCUT2D eigenvalue weighted by atomic mass is 32.2. The molecule has 3 aromatic rings. The lowest BCUT2D eigenvalue weighted by Crippen LogP contribution is -2.51. The van der Waals surface area contributed by atoms with Crippen molar-refractivity contribution < 1.29 is 17.6 Å². The maximum Gasteiger partial charge on any atom is 0.257 e. The van der Waals surface area contributed by atoms with Crippen LogP contribution < -0.4 is 5.43 Å². The van der Waals surface area contributed by atoms with E-state index in [-0.39, 0.29) is 17.9 Å². The SMILES string of the molecule is O=C(Nn1cnnc1)[C@H]1Cc2ccccc2CN1S(=O)(=O)c1ccc(F)cc1. The molecule has 8 nitrogen and oxygen atoms in total. The van der Waals surface area contributed by atoms with E-state index < -0.39 is 27.8 Å². The number of benzene rings is 2. The number of sulfonamides is 1. The summed E-state index contributed by atoms with van der Waals surface area (Å²) in [7, 11) is -4.03. The number of carbonyl (C=O) groups excluding carboxylic acids is 1. The number of amides is 1. The predicted molar refractivity (Wildman–Crippen MR) is 97.5 cm³/mol. The molecule has 0 saturated heterocycles. The summed E-state index contributed by atoms with van der Waals surface area (Å²) in [6, 6.07) is 10.9. The summed E-state index contributed by atoms with van der Waals surface area (Å²) in [6.45, 7) is 0.0378. The van der Waals surface area contributed by atoms with Gasteiger partial charge in [0.05, 0.1) is 4.90 Å². The fourth-order valence-electron chi connectivity index (χ4n) is 3.18. The number of carbonyl (C=O) groups is 1. The second-order valence-electron chi connectivity index (χ2n) is 6.34. The third-order valence-electron chi connectivity index (χ3n) is 4.59. The van der Waals surface area contributed by atoms with Crippen LogP contribution in [0.3, 0.4) is 0 Å². The molecule has 1 atom stereocenters. The lowest BCUT2D eigenvalue weighted by molar-refractivity contribution is -0.121. The number of fused-ring (bicyclic) bond motifs is 1. The van der Waals surface area contributed by atoms with E-state index in [1.165, 1.54) is 29.5 Å². The minimum atomic E-state index is -4.03. The fourth-order valence-corrected chi connectivity index (χ4v) is 4.74. The van der Waals surface area contributed by atoms with Crippen LogP contribution >= 0.6 is 0 Å². The van der Waals surface area contributed by atoms with E-state index in [2.05, 4.69) is 15.6 Å². The van der Waals surface area contributed by atoms with Gasteiger partial charge in [-0.05, 0) is 41.8 Å². The predicted octanol–water partition coefficient (Wildman–Crippen LogP) is 1.30. The molecule has 2 heterocycles. The molecule has 2 aromatic carbocycles. The van der Waals surface area contributed by atoms with Gasteiger partial charge in [0.25, 0.3) is 5.91 Å². The van der Waals surface area contributed by atoms with Crippen molar-refractivity contribution in [3.63, 3.8) is 0 Å². The first-order valence-electron chi connectivity index (χ1n) is 8.45. The highest BCUT2D eigenvalue weighted by molar-refractivity contribution is 7.89. The molecule has 28 heavy (non-hydrogen) atoms. The van der Waals surface area contributed by atoms with Crippen LogP contribution in [0.2, 0.25) is 0 Å². The number of rotatable bonds is 4. The van der Waals surface area contributed by atoms with Crippen molar-refractivity contribution in [2.75, 3.05) is 5.43 Å². The van der Waals surface area contributed by atoms with Crippen LogP contribution in [-0.4, -0.2) is 39.5 Å². The Bertz CT molecular complexity index is 1100. The summed E-state index contributed by atoms with van der Waals surface area (Å²) in [6.07, 6.45) is 2.81. The summed E-state index contributed by atoms with van der Waals surface area (Å²) in [5.74, 6) is -1.05. The van der Waals surface area contributed by atoms with E-state index in [0.717, 1.165) is 27.6 Å². The van der Waals surface area contributed by atoms with Gasteiger partial charge < -0.3 is 0 Å². The van der Waals surface area contributed by atoms with E-state index in [1.807, 2.05) is 24.3 Å². The Kier molecular flexibility index (Phi) is 4.65. The quantitative estimate of drug-likeness (QED) is 0.711. The van der Waals surface area contributed by atoms with Gasteiger partial charge >= 0.3 is 0 Å². The van der Waals surface area contributed by atoms with Gasteiger partial charge in [0.2, 0.25) is 10.0 Å². The zero-order valence-corrected chi connectivity index (χ0v) is 15.4. The van der Waals surface area contributed by atoms with Crippen LogP contribution in [0.15, 0.2) is 66.1 Å². The van der Waals surface area contributed by atoms with Crippen molar-refractivity contribution in [3.8, 4) is 0 Å². The Morgan fingerprint density at radius 1 is 1.04 bits per heavy atom. The molecule has 1 amide bonds. The van der Waals surface area contributed by atoms with Gasteiger partial charge in [-0.3, -0.25) is 10.2 Å². The Morgan fingerprint density at radius 2 is 1.68 bits per heavy atom. The molecule has 0 aliphatic carbocycles. The molecule has 4 rings (SSSR count). The molecule has 0 unspecified atom stereocenters. The number of hydrogen-bond acceptors (Lipinski definition) is 5. The number of hydrogen-bond donors (Lipinski definition) is 1. The van der Waals surface area contributed by atoms with Crippen molar-refractivity contribution >= 4 is 15.9 Å². The minimum Gasteiger partial charge on any atom is -0.271 e. The maximum atomic E-state index is 13.2. The van der Waals surface area contributed by atoms with Crippen LogP contribution in [0.5, 0.6) is 0 Å². The third-order valence-corrected chi connectivity index (χ3v) is 6.46. The van der Waals surface area contributed by atoms with Crippen molar-refractivity contribution in [3.05, 3.63) is 78.1 Å². The minimum absolute atomic E-state index is 0.0378. The Balaban J connectivity index is 1.72. The second kappa shape index (κ2) is 7.13. The molecule has 0 spiro atoms. The highest BCUT2D eigenvalue weighted by Gasteiger charge is 2.39. The van der Waals surface area contributed by atoms with Gasteiger partial charge in [0.1, 0.15) is 24.5 Å². The van der Waals surface area contributed by atoms with Crippen LogP contribution in [0.25, 0.3) is 0 Å². The van der Waals surface area contributed by atoms with Gasteiger partial charge in [0.15, 0.2) is 0 Å². The van der Waals surface area contributed by atoms with Crippen LogP contribution in [0.1, 0.15) is 11.1 Å². The van der Waals surface area contributed by atoms with Gasteiger partial charge in [-0.15, -0.1) is 10.2 Å². The molecule has 0 fully saturated rings. The summed E-state index contributed by atoms with van der Waals surface area (Å²) in [5.41, 5.74) is 4.29. The summed E-state index contributed by atoms with van der Waals surface area (Å²) < 4.78 is 42.1. The first-order valence-corrected chi connectivity index (χ1v) is 9.89. The number of halogens is 1. The van der Waals surface area contributed by atoms with Crippen LogP contribution in [0.4, 0.5) is 4.39 Å². The van der Waals surface area contributed by atoms with Crippen molar-refractivity contribution in [2.45, 2.75) is 23.9 Å². The lowest BCUT2D eigenvalue weighted by Gasteiger charge is -2.34. The lowest BCUT2D eigenvalue weighted by atomic mass is 9.95. The monoisotopic (exact) mass is 401 g/mol. The number of nitrogens with zero attached hydrogens (tertiary/aromatic N) is 4. The summed E-state index contributed by atoms with van der Waals surface area (Å²) >= 11 is 0.